The summed E-state index contributed by atoms with van der Waals surface area (Å²) in [5.74, 6) is 2.51. The summed E-state index contributed by atoms with van der Waals surface area (Å²) in [7, 11) is -2.13. The third-order valence-corrected chi connectivity index (χ3v) is 17.4. The Kier molecular flexibility index (Phi) is 11.5. The van der Waals surface area contributed by atoms with E-state index in [1.165, 1.54) is 6.07 Å². The van der Waals surface area contributed by atoms with E-state index < -0.39 is 32.1 Å². The van der Waals surface area contributed by atoms with Crippen molar-refractivity contribution in [3.8, 4) is 34.5 Å². The normalized spacial score (nSPS) is 17.2. The fourth-order valence-corrected chi connectivity index (χ4v) is 14.1. The summed E-state index contributed by atoms with van der Waals surface area (Å²) in [6.07, 6.45) is 2.73. The number of esters is 1. The number of phenols is 1. The zero-order valence-corrected chi connectivity index (χ0v) is 35.2. The smallest absolute Gasteiger partial charge is 0.410 e. The van der Waals surface area contributed by atoms with E-state index in [9.17, 15) is 14.7 Å². The van der Waals surface area contributed by atoms with Gasteiger partial charge in [-0.2, -0.15) is 9.97 Å². The van der Waals surface area contributed by atoms with Gasteiger partial charge in [0.1, 0.15) is 36.5 Å². The maximum absolute atomic E-state index is 17.3. The second-order valence-corrected chi connectivity index (χ2v) is 22.4. The van der Waals surface area contributed by atoms with Gasteiger partial charge in [0.05, 0.1) is 24.1 Å². The van der Waals surface area contributed by atoms with Crippen LogP contribution in [0.4, 0.5) is 15.0 Å². The van der Waals surface area contributed by atoms with E-state index >= 15 is 4.39 Å². The maximum atomic E-state index is 17.3. The molecule has 2 bridgehead atoms. The molecule has 56 heavy (non-hydrogen) atoms. The predicted octanol–water partition coefficient (Wildman–Crippen LogP) is 8.79. The van der Waals surface area contributed by atoms with Gasteiger partial charge in [-0.05, 0) is 80.7 Å². The van der Waals surface area contributed by atoms with Crippen LogP contribution in [0.1, 0.15) is 87.6 Å². The Hall–Kier alpha value is -4.96. The Balaban J connectivity index is 1.49. The van der Waals surface area contributed by atoms with Gasteiger partial charge in [0.15, 0.2) is 12.4 Å². The van der Waals surface area contributed by atoms with Gasteiger partial charge in [0.25, 0.3) is 0 Å². The highest BCUT2D eigenvalue weighted by Crippen LogP contribution is 2.43. The molecule has 0 spiro atoms. The van der Waals surface area contributed by atoms with E-state index in [1.54, 1.807) is 19.2 Å². The van der Waals surface area contributed by atoms with Crippen molar-refractivity contribution in [1.29, 1.82) is 0 Å². The molecular formula is C43H54FN5O6Si. The number of anilines is 1. The molecule has 0 saturated carbocycles. The minimum Gasteiger partial charge on any atom is -0.508 e. The highest BCUT2D eigenvalue weighted by Gasteiger charge is 2.45. The number of rotatable bonds is 9. The lowest BCUT2D eigenvalue weighted by Crippen LogP contribution is -2.57. The Morgan fingerprint density at radius 1 is 1.02 bits per heavy atom. The third kappa shape index (κ3) is 7.85. The summed E-state index contributed by atoms with van der Waals surface area (Å²) in [6, 6.07) is 8.34. The topological polar surface area (TPSA) is 127 Å². The average Bonchev–Trinajstić information content (AvgIpc) is 3.39. The zero-order valence-electron chi connectivity index (χ0n) is 34.2. The number of benzene rings is 2. The number of hydrogen-bond acceptors (Lipinski definition) is 10. The fraction of sp³-hybridized carbons (Fsp3) is 0.512. The standard InChI is InChI=1S/C43H54FN5O6Si/c1-11-53-35(51)24-54-41-46-39-34(40(47-41)48-22-30-15-16-31(23-48)49(30)42(52)55-43(8,9)10)21-45-38(37(39)44)33-20-32(50)19-29-14-12-13-28(36(29)33)17-18-56(25(2)3,26(4)5)27(6)7/h12-14,19-21,25-27,30-31,50H,11,15-16,22-24H2,1-10H3/t30-,31+. The first-order valence-corrected chi connectivity index (χ1v) is 21.9. The van der Waals surface area contributed by atoms with Crippen LogP contribution < -0.4 is 9.64 Å². The summed E-state index contributed by atoms with van der Waals surface area (Å²) < 4.78 is 33.8. The molecule has 0 radical (unpaired) electrons. The summed E-state index contributed by atoms with van der Waals surface area (Å²) in [4.78, 5) is 43.2. The van der Waals surface area contributed by atoms with Crippen molar-refractivity contribution in [2.75, 3.05) is 31.2 Å². The lowest BCUT2D eigenvalue weighted by molar-refractivity contribution is -0.145. The van der Waals surface area contributed by atoms with E-state index in [0.717, 1.165) is 18.4 Å². The molecule has 4 aromatic rings. The molecule has 2 fully saturated rings. The van der Waals surface area contributed by atoms with Crippen LogP contribution in [0.2, 0.25) is 16.6 Å². The SMILES string of the molecule is CCOC(=O)COc1nc(N2C[C@H]3CC[C@@H](C2)N3C(=O)OC(C)(C)C)c2cnc(-c3cc(O)cc4cccc(C#C[Si](C(C)C)(C(C)C)C(C)C)c34)c(F)c2n1. The lowest BCUT2D eigenvalue weighted by atomic mass is 9.96. The Morgan fingerprint density at radius 2 is 1.68 bits per heavy atom. The van der Waals surface area contributed by atoms with Gasteiger partial charge in [-0.25, -0.2) is 14.0 Å². The van der Waals surface area contributed by atoms with Crippen LogP contribution in [-0.4, -0.2) is 89.1 Å². The van der Waals surface area contributed by atoms with Crippen molar-refractivity contribution >= 4 is 47.6 Å². The summed E-state index contributed by atoms with van der Waals surface area (Å²) in [5, 5.41) is 12.6. The molecular weight excluding hydrogens is 730 g/mol. The molecule has 2 aromatic heterocycles. The van der Waals surface area contributed by atoms with Crippen molar-refractivity contribution in [3.63, 3.8) is 0 Å². The molecule has 13 heteroatoms. The highest BCUT2D eigenvalue weighted by molar-refractivity contribution is 6.90. The quantitative estimate of drug-likeness (QED) is 0.100. The van der Waals surface area contributed by atoms with Gasteiger partial charge in [-0.15, -0.1) is 5.54 Å². The number of aromatic nitrogens is 3. The molecule has 2 aliphatic rings. The molecule has 0 unspecified atom stereocenters. The molecule has 0 aliphatic carbocycles. The fourth-order valence-electron chi connectivity index (χ4n) is 8.84. The number of halogens is 1. The number of amides is 1. The van der Waals surface area contributed by atoms with Crippen LogP contribution in [-0.2, 0) is 14.3 Å². The van der Waals surface area contributed by atoms with Crippen molar-refractivity contribution in [3.05, 3.63) is 47.9 Å². The predicted molar refractivity (Wildman–Crippen MR) is 219 cm³/mol. The number of phenolic OH excluding ortho intramolecular Hbond substituents is 1. The van der Waals surface area contributed by atoms with Crippen molar-refractivity contribution in [2.24, 2.45) is 0 Å². The van der Waals surface area contributed by atoms with Gasteiger partial charge in [0.2, 0.25) is 0 Å². The monoisotopic (exact) mass is 783 g/mol. The summed E-state index contributed by atoms with van der Waals surface area (Å²) in [6.45, 7) is 21.3. The van der Waals surface area contributed by atoms with Crippen molar-refractivity contribution < 1.29 is 33.3 Å². The van der Waals surface area contributed by atoms with E-state index in [-0.39, 0.29) is 47.8 Å². The minimum atomic E-state index is -2.13. The van der Waals surface area contributed by atoms with Gasteiger partial charge in [-0.1, -0.05) is 59.6 Å². The number of pyridine rings is 1. The van der Waals surface area contributed by atoms with Crippen LogP contribution in [0, 0.1) is 17.3 Å². The number of nitrogens with zero attached hydrogens (tertiary/aromatic N) is 5. The van der Waals surface area contributed by atoms with Crippen LogP contribution in [0.3, 0.4) is 0 Å². The summed E-state index contributed by atoms with van der Waals surface area (Å²) in [5.41, 5.74) is 5.40. The lowest BCUT2D eigenvalue weighted by Gasteiger charge is -2.42. The second-order valence-electron chi connectivity index (χ2n) is 16.8. The van der Waals surface area contributed by atoms with Gasteiger partial charge in [0, 0.05) is 35.8 Å². The van der Waals surface area contributed by atoms with Crippen molar-refractivity contribution in [1.82, 2.24) is 19.9 Å². The van der Waals surface area contributed by atoms with Crippen LogP contribution >= 0.6 is 0 Å². The molecule has 11 nitrogen and oxygen atoms in total. The van der Waals surface area contributed by atoms with E-state index in [4.69, 9.17) is 19.2 Å². The molecule has 2 aromatic carbocycles. The number of aromatic hydroxyl groups is 1. The molecule has 6 rings (SSSR count). The number of hydrogen-bond donors (Lipinski definition) is 1. The largest absolute Gasteiger partial charge is 0.508 e. The Labute approximate surface area is 330 Å². The number of carbonyl (C=O) groups excluding carboxylic acids is 2. The van der Waals surface area contributed by atoms with Crippen LogP contribution in [0.15, 0.2) is 36.5 Å². The molecule has 2 atom stereocenters. The molecule has 1 amide bonds. The number of fused-ring (bicyclic) bond motifs is 4. The first kappa shape index (κ1) is 40.7. The molecule has 1 N–H and O–H groups in total. The van der Waals surface area contributed by atoms with E-state index in [1.807, 2.05) is 48.8 Å². The van der Waals surface area contributed by atoms with Crippen molar-refractivity contribution in [2.45, 2.75) is 116 Å². The van der Waals surface area contributed by atoms with Gasteiger partial charge in [-0.3, -0.25) is 9.88 Å². The molecule has 4 heterocycles. The Bertz CT molecular complexity index is 2170. The maximum Gasteiger partial charge on any atom is 0.410 e. The molecule has 2 saturated heterocycles. The second kappa shape index (κ2) is 15.9. The van der Waals surface area contributed by atoms with E-state index in [2.05, 4.69) is 63.0 Å². The first-order valence-electron chi connectivity index (χ1n) is 19.6. The van der Waals surface area contributed by atoms with Crippen LogP contribution in [0.5, 0.6) is 11.8 Å². The Morgan fingerprint density at radius 3 is 2.29 bits per heavy atom. The summed E-state index contributed by atoms with van der Waals surface area (Å²) >= 11 is 0. The average molecular weight is 784 g/mol. The van der Waals surface area contributed by atoms with E-state index in [0.29, 0.717) is 57.3 Å². The number of piperazine rings is 1. The van der Waals surface area contributed by atoms with Gasteiger partial charge >= 0.3 is 18.1 Å². The van der Waals surface area contributed by atoms with Gasteiger partial charge < -0.3 is 24.2 Å². The first-order chi connectivity index (χ1) is 26.4. The molecule has 2 aliphatic heterocycles. The van der Waals surface area contributed by atoms with Crippen LogP contribution in [0.25, 0.3) is 32.9 Å². The molecule has 298 valence electrons. The number of carbonyl (C=O) groups is 2. The highest BCUT2D eigenvalue weighted by atomic mass is 28.3. The number of ether oxygens (including phenoxy) is 3. The minimum absolute atomic E-state index is 0.0245. The third-order valence-electron chi connectivity index (χ3n) is 11.2. The zero-order chi connectivity index (χ0) is 40.7.